The van der Waals surface area contributed by atoms with Gasteiger partial charge in [-0.15, -0.1) is 0 Å². The van der Waals surface area contributed by atoms with Crippen LogP contribution in [-0.4, -0.2) is 54.3 Å². The Labute approximate surface area is 183 Å². The number of hydrogen-bond donors (Lipinski definition) is 2. The van der Waals surface area contributed by atoms with Crippen LogP contribution in [0.25, 0.3) is 0 Å². The molecular weight excluding hydrogens is 427 g/mol. The van der Waals surface area contributed by atoms with Gasteiger partial charge in [-0.1, -0.05) is 0 Å². The van der Waals surface area contributed by atoms with Crippen molar-refractivity contribution in [1.82, 2.24) is 9.97 Å². The fourth-order valence-corrected chi connectivity index (χ4v) is 3.94. The van der Waals surface area contributed by atoms with Gasteiger partial charge in [-0.2, -0.15) is 4.98 Å². The summed E-state index contributed by atoms with van der Waals surface area (Å²) < 4.78 is 50.6. The number of carbonyl (C=O) groups excluding carboxylic acids is 1. The van der Waals surface area contributed by atoms with E-state index in [0.29, 0.717) is 36.0 Å². The van der Waals surface area contributed by atoms with Crippen LogP contribution in [0.2, 0.25) is 0 Å². The van der Waals surface area contributed by atoms with Crippen molar-refractivity contribution >= 4 is 23.4 Å². The predicted molar refractivity (Wildman–Crippen MR) is 111 cm³/mol. The number of rotatable bonds is 6. The molecule has 2 atom stereocenters. The maximum absolute atomic E-state index is 13.3. The van der Waals surface area contributed by atoms with Crippen LogP contribution in [0.5, 0.6) is 5.75 Å². The van der Waals surface area contributed by atoms with E-state index in [-0.39, 0.29) is 29.9 Å². The number of hydrogen-bond acceptors (Lipinski definition) is 7. The highest BCUT2D eigenvalue weighted by atomic mass is 19.2. The highest BCUT2D eigenvalue weighted by Gasteiger charge is 2.38. The molecule has 1 aliphatic heterocycles. The van der Waals surface area contributed by atoms with Crippen molar-refractivity contribution in [2.24, 2.45) is 0 Å². The molecule has 2 heterocycles. The number of likely N-dealkylation sites (N-methyl/N-ethyl adjacent to an activating group) is 1. The van der Waals surface area contributed by atoms with E-state index in [1.54, 1.807) is 26.0 Å². The summed E-state index contributed by atoms with van der Waals surface area (Å²) in [6.07, 6.45) is 0.487. The molecule has 1 amide bonds. The number of ether oxygens (including phenoxy) is 2. The van der Waals surface area contributed by atoms with Gasteiger partial charge in [0.05, 0.1) is 11.8 Å². The van der Waals surface area contributed by atoms with Crippen LogP contribution in [0.3, 0.4) is 0 Å². The third kappa shape index (κ3) is 4.04. The summed E-state index contributed by atoms with van der Waals surface area (Å²) in [6, 6.07) is 1.12. The van der Waals surface area contributed by atoms with Gasteiger partial charge in [0.15, 0.2) is 23.3 Å². The molecule has 1 aliphatic carbocycles. The van der Waals surface area contributed by atoms with Crippen LogP contribution in [0.15, 0.2) is 12.1 Å². The molecule has 0 spiro atoms. The molecule has 4 rings (SSSR count). The van der Waals surface area contributed by atoms with Crippen molar-refractivity contribution in [1.29, 1.82) is 0 Å². The Morgan fingerprint density at radius 3 is 2.50 bits per heavy atom. The number of fused-ring (bicyclic) bond motifs is 1. The average Bonchev–Trinajstić information content (AvgIpc) is 2.71. The Hall–Kier alpha value is -3.08. The maximum Gasteiger partial charge on any atom is 0.249 e. The van der Waals surface area contributed by atoms with Gasteiger partial charge in [-0.05, 0) is 13.8 Å². The first kappa shape index (κ1) is 22.1. The van der Waals surface area contributed by atoms with Gasteiger partial charge >= 0.3 is 0 Å². The molecule has 1 aromatic carbocycles. The molecule has 0 radical (unpaired) electrons. The molecule has 1 saturated carbocycles. The first-order valence-corrected chi connectivity index (χ1v) is 10.2. The van der Waals surface area contributed by atoms with Crippen LogP contribution in [-0.2, 0) is 9.53 Å². The normalized spacial score (nSPS) is 23.2. The quantitative estimate of drug-likeness (QED) is 0.653. The van der Waals surface area contributed by atoms with Crippen molar-refractivity contribution in [2.45, 2.75) is 51.0 Å². The van der Waals surface area contributed by atoms with Crippen molar-refractivity contribution in [3.05, 3.63) is 35.3 Å². The van der Waals surface area contributed by atoms with E-state index in [9.17, 15) is 18.0 Å². The Morgan fingerprint density at radius 2 is 1.88 bits per heavy atom. The zero-order valence-corrected chi connectivity index (χ0v) is 18.1. The van der Waals surface area contributed by atoms with Crippen LogP contribution in [0.4, 0.5) is 30.6 Å². The van der Waals surface area contributed by atoms with Crippen LogP contribution < -0.4 is 20.3 Å². The largest absolute Gasteiger partial charge is 0.490 e. The first-order chi connectivity index (χ1) is 15.2. The maximum atomic E-state index is 13.3. The molecule has 172 valence electrons. The number of aryl methyl sites for hydroxylation is 1. The minimum Gasteiger partial charge on any atom is -0.490 e. The van der Waals surface area contributed by atoms with Crippen molar-refractivity contribution in [3.8, 4) is 5.75 Å². The van der Waals surface area contributed by atoms with E-state index in [4.69, 9.17) is 9.47 Å². The summed E-state index contributed by atoms with van der Waals surface area (Å²) in [4.78, 5) is 23.3. The molecule has 2 aliphatic rings. The Bertz CT molecular complexity index is 1020. The highest BCUT2D eigenvalue weighted by molar-refractivity contribution is 6.03. The number of halogens is 3. The number of methoxy groups -OCH3 is 1. The van der Waals surface area contributed by atoms with E-state index in [1.807, 2.05) is 6.92 Å². The first-order valence-electron chi connectivity index (χ1n) is 10.2. The van der Waals surface area contributed by atoms with Gasteiger partial charge in [0.2, 0.25) is 11.9 Å². The Kier molecular flexibility index (Phi) is 5.85. The third-order valence-electron chi connectivity index (χ3n) is 5.84. The molecule has 8 nitrogen and oxygen atoms in total. The van der Waals surface area contributed by atoms with E-state index in [1.165, 1.54) is 0 Å². The molecular formula is C21H24F3N5O3. The standard InChI is InChI=1S/C21H24F3N5O3/c1-9-17-19(29(3)18(10(2)31-4)20(30)27-17)28-21(25-9)26-11-5-12(6-11)32-13-7-14(22)16(24)15(23)8-13/h7-8,10-12,18H,5-6H2,1-4H3,(H,27,30)(H,25,26,28)/t10?,11-,12-,18-/m0/s1. The molecule has 11 heteroatoms. The summed E-state index contributed by atoms with van der Waals surface area (Å²) in [5.74, 6) is -3.36. The molecule has 2 N–H and O–H groups in total. The predicted octanol–water partition coefficient (Wildman–Crippen LogP) is 3.02. The molecule has 2 aromatic rings. The van der Waals surface area contributed by atoms with Crippen LogP contribution in [0.1, 0.15) is 25.5 Å². The Balaban J connectivity index is 1.42. The number of benzene rings is 1. The van der Waals surface area contributed by atoms with E-state index < -0.39 is 23.5 Å². The lowest BCUT2D eigenvalue weighted by Gasteiger charge is -2.38. The summed E-state index contributed by atoms with van der Waals surface area (Å²) >= 11 is 0. The van der Waals surface area contributed by atoms with Gasteiger partial charge in [0.25, 0.3) is 0 Å². The smallest absolute Gasteiger partial charge is 0.249 e. The minimum atomic E-state index is -1.52. The minimum absolute atomic E-state index is 0.00947. The second-order valence-electron chi connectivity index (χ2n) is 8.07. The van der Waals surface area contributed by atoms with Gasteiger partial charge in [0.1, 0.15) is 23.6 Å². The van der Waals surface area contributed by atoms with Crippen molar-refractivity contribution < 1.29 is 27.4 Å². The van der Waals surface area contributed by atoms with Crippen molar-refractivity contribution in [3.63, 3.8) is 0 Å². The van der Waals surface area contributed by atoms with E-state index in [2.05, 4.69) is 20.6 Å². The highest BCUT2D eigenvalue weighted by Crippen LogP contribution is 2.35. The zero-order chi connectivity index (χ0) is 23.2. The molecule has 1 fully saturated rings. The van der Waals surface area contributed by atoms with E-state index >= 15 is 0 Å². The number of aromatic nitrogens is 2. The molecule has 0 bridgehead atoms. The SMILES string of the molecule is COC(C)[C@H]1C(=O)Nc2c(C)nc(N[C@H]3C[C@H](Oc4cc(F)c(F)c(F)c4)C3)nc2N1C. The summed E-state index contributed by atoms with van der Waals surface area (Å²) in [5.41, 5.74) is 1.17. The second-order valence-corrected chi connectivity index (χ2v) is 8.07. The lowest BCUT2D eigenvalue weighted by atomic mass is 9.89. The molecule has 1 unspecified atom stereocenters. The van der Waals surface area contributed by atoms with E-state index in [0.717, 1.165) is 12.1 Å². The lowest BCUT2D eigenvalue weighted by Crippen LogP contribution is -2.53. The fourth-order valence-electron chi connectivity index (χ4n) is 3.94. The van der Waals surface area contributed by atoms with Crippen molar-refractivity contribution in [2.75, 3.05) is 29.7 Å². The van der Waals surface area contributed by atoms with Crippen LogP contribution in [0, 0.1) is 24.4 Å². The number of carbonyl (C=O) groups is 1. The summed E-state index contributed by atoms with van der Waals surface area (Å²) in [5, 5.41) is 6.08. The van der Waals surface area contributed by atoms with Crippen LogP contribution >= 0.6 is 0 Å². The molecule has 0 saturated heterocycles. The zero-order valence-electron chi connectivity index (χ0n) is 18.1. The number of anilines is 3. The van der Waals surface area contributed by atoms with Gasteiger partial charge in [0, 0.05) is 45.2 Å². The van der Waals surface area contributed by atoms with Gasteiger partial charge < -0.3 is 25.0 Å². The second kappa shape index (κ2) is 8.45. The fraction of sp³-hybridized carbons (Fsp3) is 0.476. The molecule has 1 aromatic heterocycles. The van der Waals surface area contributed by atoms with Gasteiger partial charge in [-0.3, -0.25) is 4.79 Å². The average molecular weight is 451 g/mol. The number of amides is 1. The van der Waals surface area contributed by atoms with Gasteiger partial charge in [-0.25, -0.2) is 18.2 Å². The lowest BCUT2D eigenvalue weighted by molar-refractivity contribution is -0.120. The Morgan fingerprint density at radius 1 is 1.22 bits per heavy atom. The topological polar surface area (TPSA) is 88.6 Å². The molecule has 32 heavy (non-hydrogen) atoms. The summed E-state index contributed by atoms with van der Waals surface area (Å²) in [6.45, 7) is 3.59. The third-order valence-corrected chi connectivity index (χ3v) is 5.84. The summed E-state index contributed by atoms with van der Waals surface area (Å²) in [7, 11) is 3.32. The number of nitrogens with zero attached hydrogens (tertiary/aromatic N) is 3. The monoisotopic (exact) mass is 451 g/mol. The number of nitrogens with one attached hydrogen (secondary N) is 2.